The second-order valence-corrected chi connectivity index (χ2v) is 7.84. The lowest BCUT2D eigenvalue weighted by atomic mass is 10.1. The quantitative estimate of drug-likeness (QED) is 0.833. The largest absolute Gasteiger partial charge is 0.331 e. The molecule has 0 spiro atoms. The highest BCUT2D eigenvalue weighted by Gasteiger charge is 2.39. The highest BCUT2D eigenvalue weighted by atomic mass is 35.5. The van der Waals surface area contributed by atoms with E-state index < -0.39 is 0 Å². The van der Waals surface area contributed by atoms with Crippen LogP contribution in [0.25, 0.3) is 10.1 Å². The molecule has 1 amide bonds. The van der Waals surface area contributed by atoms with Crippen LogP contribution in [-0.4, -0.2) is 36.0 Å². The van der Waals surface area contributed by atoms with Gasteiger partial charge in [-0.1, -0.05) is 29.3 Å². The van der Waals surface area contributed by atoms with Crippen molar-refractivity contribution in [2.75, 3.05) is 13.1 Å². The Bertz CT molecular complexity index is 731. The molecule has 2 fully saturated rings. The van der Waals surface area contributed by atoms with E-state index in [0.29, 0.717) is 27.0 Å². The van der Waals surface area contributed by atoms with E-state index in [2.05, 4.69) is 10.2 Å². The summed E-state index contributed by atoms with van der Waals surface area (Å²) < 4.78 is 0.973. The van der Waals surface area contributed by atoms with Gasteiger partial charge in [0.05, 0.1) is 5.02 Å². The lowest BCUT2D eigenvalue weighted by Crippen LogP contribution is -2.42. The van der Waals surface area contributed by atoms with E-state index in [9.17, 15) is 4.79 Å². The van der Waals surface area contributed by atoms with Gasteiger partial charge in [-0.3, -0.25) is 4.79 Å². The first-order valence-electron chi connectivity index (χ1n) is 7.56. The first kappa shape index (κ1) is 14.8. The van der Waals surface area contributed by atoms with Crippen molar-refractivity contribution >= 4 is 50.5 Å². The van der Waals surface area contributed by atoms with Gasteiger partial charge >= 0.3 is 0 Å². The molecule has 1 aromatic heterocycles. The lowest BCUT2D eigenvalue weighted by molar-refractivity contribution is 0.0685. The second kappa shape index (κ2) is 5.68. The predicted molar refractivity (Wildman–Crippen MR) is 92.3 cm³/mol. The van der Waals surface area contributed by atoms with Crippen LogP contribution in [0.3, 0.4) is 0 Å². The number of carbonyl (C=O) groups is 1. The minimum atomic E-state index is 0.0820. The monoisotopic (exact) mass is 354 g/mol. The van der Waals surface area contributed by atoms with E-state index in [1.54, 1.807) is 0 Å². The molecule has 2 bridgehead atoms. The molecule has 4 rings (SSSR count). The molecule has 22 heavy (non-hydrogen) atoms. The zero-order valence-electron chi connectivity index (χ0n) is 11.9. The first-order chi connectivity index (χ1) is 10.6. The van der Waals surface area contributed by atoms with Crippen LogP contribution in [-0.2, 0) is 0 Å². The van der Waals surface area contributed by atoms with Gasteiger partial charge in [0.1, 0.15) is 4.88 Å². The Kier molecular flexibility index (Phi) is 3.81. The van der Waals surface area contributed by atoms with Crippen LogP contribution >= 0.6 is 34.5 Å². The molecule has 2 unspecified atom stereocenters. The van der Waals surface area contributed by atoms with Gasteiger partial charge in [0.2, 0.25) is 0 Å². The second-order valence-electron chi connectivity index (χ2n) is 5.98. The maximum absolute atomic E-state index is 13.1. The van der Waals surface area contributed by atoms with Crippen molar-refractivity contribution in [3.63, 3.8) is 0 Å². The molecule has 6 heteroatoms. The smallest absolute Gasteiger partial charge is 0.266 e. The normalized spacial score (nSPS) is 24.7. The number of hydrogen-bond donors (Lipinski definition) is 1. The van der Waals surface area contributed by atoms with Crippen LogP contribution in [0.1, 0.15) is 28.9 Å². The minimum Gasteiger partial charge on any atom is -0.331 e. The third-order valence-corrected chi connectivity index (χ3v) is 6.55. The van der Waals surface area contributed by atoms with Crippen LogP contribution in [0.2, 0.25) is 10.0 Å². The molecule has 3 nitrogen and oxygen atoms in total. The Labute approximate surface area is 143 Å². The van der Waals surface area contributed by atoms with Gasteiger partial charge in [-0.2, -0.15) is 0 Å². The highest BCUT2D eigenvalue weighted by Crippen LogP contribution is 2.39. The molecule has 2 atom stereocenters. The minimum absolute atomic E-state index is 0.0820. The molecule has 1 aromatic carbocycles. The van der Waals surface area contributed by atoms with Crippen LogP contribution < -0.4 is 5.32 Å². The molecule has 0 radical (unpaired) electrons. The number of rotatable bonds is 1. The average Bonchev–Trinajstić information content (AvgIpc) is 2.94. The fourth-order valence-electron chi connectivity index (χ4n) is 3.61. The van der Waals surface area contributed by atoms with Crippen LogP contribution in [0.15, 0.2) is 18.2 Å². The summed E-state index contributed by atoms with van der Waals surface area (Å²) >= 11 is 14.0. The van der Waals surface area contributed by atoms with Crippen molar-refractivity contribution in [2.45, 2.75) is 31.3 Å². The van der Waals surface area contributed by atoms with E-state index in [1.807, 2.05) is 18.2 Å². The Hall–Kier alpha value is -0.810. The van der Waals surface area contributed by atoms with Crippen molar-refractivity contribution in [3.05, 3.63) is 33.1 Å². The van der Waals surface area contributed by atoms with Gasteiger partial charge < -0.3 is 10.2 Å². The molecule has 2 aliphatic rings. The van der Waals surface area contributed by atoms with Gasteiger partial charge in [-0.15, -0.1) is 11.3 Å². The molecule has 116 valence electrons. The van der Waals surface area contributed by atoms with Gasteiger partial charge in [0.15, 0.2) is 0 Å². The molecule has 0 saturated carbocycles. The topological polar surface area (TPSA) is 32.3 Å². The number of hydrogen-bond acceptors (Lipinski definition) is 3. The van der Waals surface area contributed by atoms with E-state index in [4.69, 9.17) is 23.2 Å². The highest BCUT2D eigenvalue weighted by molar-refractivity contribution is 7.21. The van der Waals surface area contributed by atoms with Crippen molar-refractivity contribution in [2.24, 2.45) is 0 Å². The number of benzene rings is 1. The molecule has 3 heterocycles. The number of nitrogens with zero attached hydrogens (tertiary/aromatic N) is 1. The molecule has 1 N–H and O–H groups in total. The van der Waals surface area contributed by atoms with Crippen molar-refractivity contribution in [1.82, 2.24) is 10.2 Å². The molecular formula is C16H16Cl2N2OS. The number of carbonyl (C=O) groups excluding carboxylic acids is 1. The van der Waals surface area contributed by atoms with Gasteiger partial charge in [-0.05, 0) is 37.9 Å². The van der Waals surface area contributed by atoms with Crippen LogP contribution in [0.5, 0.6) is 0 Å². The number of thiophene rings is 1. The Balaban J connectivity index is 1.75. The van der Waals surface area contributed by atoms with E-state index in [-0.39, 0.29) is 5.91 Å². The van der Waals surface area contributed by atoms with Crippen molar-refractivity contribution in [3.8, 4) is 0 Å². The fraction of sp³-hybridized carbons (Fsp3) is 0.438. The van der Waals surface area contributed by atoms with E-state index in [0.717, 1.165) is 42.4 Å². The predicted octanol–water partition coefficient (Wildman–Crippen LogP) is 4.17. The summed E-state index contributed by atoms with van der Waals surface area (Å²) in [5.41, 5.74) is 0. The number of nitrogens with one attached hydrogen (secondary N) is 1. The molecule has 2 aromatic rings. The van der Waals surface area contributed by atoms with Gasteiger partial charge in [0.25, 0.3) is 5.91 Å². The standard InChI is InChI=1S/C16H16Cl2N2OS/c17-9-1-4-12-13(7-9)22-15(14(12)18)16(21)20-10-2-3-11(20)8-19-6-5-10/h1,4,7,10-11,19H,2-3,5-6,8H2. The summed E-state index contributed by atoms with van der Waals surface area (Å²) in [6, 6.07) is 6.23. The zero-order chi connectivity index (χ0) is 15.3. The fourth-order valence-corrected chi connectivity index (χ4v) is 5.34. The molecule has 0 aliphatic carbocycles. The summed E-state index contributed by atoms with van der Waals surface area (Å²) in [5, 5.41) is 5.58. The summed E-state index contributed by atoms with van der Waals surface area (Å²) in [6.45, 7) is 1.87. The van der Waals surface area contributed by atoms with Gasteiger partial charge in [-0.25, -0.2) is 0 Å². The number of fused-ring (bicyclic) bond motifs is 3. The maximum Gasteiger partial charge on any atom is 0.266 e. The molecular weight excluding hydrogens is 339 g/mol. The average molecular weight is 355 g/mol. The molecule has 2 aliphatic heterocycles. The number of halogens is 2. The first-order valence-corrected chi connectivity index (χ1v) is 9.13. The number of amides is 1. The van der Waals surface area contributed by atoms with Crippen LogP contribution in [0.4, 0.5) is 0 Å². The van der Waals surface area contributed by atoms with Gasteiger partial charge in [0, 0.05) is 33.7 Å². The van der Waals surface area contributed by atoms with Crippen LogP contribution in [0, 0.1) is 0 Å². The zero-order valence-corrected chi connectivity index (χ0v) is 14.3. The Morgan fingerprint density at radius 2 is 2.05 bits per heavy atom. The van der Waals surface area contributed by atoms with Crippen molar-refractivity contribution < 1.29 is 4.79 Å². The Morgan fingerprint density at radius 3 is 2.91 bits per heavy atom. The molecule has 2 saturated heterocycles. The van der Waals surface area contributed by atoms with E-state index >= 15 is 0 Å². The third kappa shape index (κ3) is 2.33. The lowest BCUT2D eigenvalue weighted by Gasteiger charge is -2.27. The van der Waals surface area contributed by atoms with E-state index in [1.165, 1.54) is 11.3 Å². The summed E-state index contributed by atoms with van der Waals surface area (Å²) in [5.74, 6) is 0.0820. The summed E-state index contributed by atoms with van der Waals surface area (Å²) in [7, 11) is 0. The van der Waals surface area contributed by atoms with Crippen molar-refractivity contribution in [1.29, 1.82) is 0 Å². The summed E-state index contributed by atoms with van der Waals surface area (Å²) in [6.07, 6.45) is 3.21. The maximum atomic E-state index is 13.1. The third-order valence-electron chi connectivity index (χ3n) is 4.67. The summed E-state index contributed by atoms with van der Waals surface area (Å²) in [4.78, 5) is 15.8. The Morgan fingerprint density at radius 1 is 1.23 bits per heavy atom. The SMILES string of the molecule is O=C(c1sc2cc(Cl)ccc2c1Cl)N1C2CCNCC1CC2.